The highest BCUT2D eigenvalue weighted by atomic mass is 16.4. The van der Waals surface area contributed by atoms with E-state index in [9.17, 15) is 33.9 Å². The second-order valence-corrected chi connectivity index (χ2v) is 9.41. The predicted octanol–water partition coefficient (Wildman–Crippen LogP) is -2.61. The number of hydrogen-bond acceptors (Lipinski definition) is 9. The van der Waals surface area contributed by atoms with E-state index in [1.165, 1.54) is 13.8 Å². The maximum atomic E-state index is 13.1. The summed E-state index contributed by atoms with van der Waals surface area (Å²) in [5.74, 6) is -6.13. The van der Waals surface area contributed by atoms with Gasteiger partial charge in [-0.25, -0.2) is 0 Å². The first kappa shape index (κ1) is 34.7. The molecule has 0 aromatic rings. The summed E-state index contributed by atoms with van der Waals surface area (Å²) in [4.78, 5) is 72.8. The van der Waals surface area contributed by atoms with Crippen LogP contribution in [0.5, 0.6) is 0 Å². The van der Waals surface area contributed by atoms with Crippen molar-refractivity contribution in [2.75, 3.05) is 6.54 Å². The molecule has 0 saturated heterocycles. The Bertz CT molecular complexity index is 836. The van der Waals surface area contributed by atoms with Gasteiger partial charge in [0.2, 0.25) is 23.6 Å². The van der Waals surface area contributed by atoms with Crippen molar-refractivity contribution in [1.82, 2.24) is 21.3 Å². The summed E-state index contributed by atoms with van der Waals surface area (Å²) in [6, 6.07) is -6.25. The normalized spacial score (nSPS) is 15.8. The van der Waals surface area contributed by atoms with E-state index >= 15 is 0 Å². The number of aliphatic hydroxyl groups is 1. The first-order chi connectivity index (χ1) is 17.6. The zero-order chi connectivity index (χ0) is 29.6. The van der Waals surface area contributed by atoms with Crippen molar-refractivity contribution in [3.8, 4) is 0 Å². The van der Waals surface area contributed by atoms with Gasteiger partial charge in [-0.3, -0.25) is 28.8 Å². The fraction of sp³-hybridized carbons (Fsp3) is 0.739. The molecule has 0 fully saturated rings. The lowest BCUT2D eigenvalue weighted by molar-refractivity contribution is -0.142. The van der Waals surface area contributed by atoms with Gasteiger partial charge in [0.15, 0.2) is 0 Å². The number of hydrogen-bond donors (Lipinski definition) is 9. The lowest BCUT2D eigenvalue weighted by Gasteiger charge is -2.28. The van der Waals surface area contributed by atoms with Crippen LogP contribution in [-0.2, 0) is 28.8 Å². The quantitative estimate of drug-likeness (QED) is 0.0804. The van der Waals surface area contributed by atoms with Gasteiger partial charge >= 0.3 is 11.9 Å². The number of nitrogens with one attached hydrogen (secondary N) is 4. The van der Waals surface area contributed by atoms with Gasteiger partial charge < -0.3 is 48.1 Å². The molecular formula is C23H42N6O9. The highest BCUT2D eigenvalue weighted by Crippen LogP contribution is 2.08. The summed E-state index contributed by atoms with van der Waals surface area (Å²) in [5.41, 5.74) is 11.2. The molecule has 0 rings (SSSR count). The molecule has 0 aliphatic carbocycles. The third-order valence-corrected chi connectivity index (χ3v) is 5.62. The fourth-order valence-corrected chi connectivity index (χ4v) is 3.25. The summed E-state index contributed by atoms with van der Waals surface area (Å²) in [5, 5.41) is 37.3. The first-order valence-electron chi connectivity index (χ1n) is 12.4. The van der Waals surface area contributed by atoms with Crippen LogP contribution in [0.15, 0.2) is 0 Å². The Morgan fingerprint density at radius 3 is 1.76 bits per heavy atom. The third kappa shape index (κ3) is 12.8. The number of carboxylic acids is 2. The summed E-state index contributed by atoms with van der Waals surface area (Å²) in [7, 11) is 0. The number of rotatable bonds is 18. The highest BCUT2D eigenvalue weighted by molar-refractivity contribution is 5.95. The summed E-state index contributed by atoms with van der Waals surface area (Å²) >= 11 is 0. The highest BCUT2D eigenvalue weighted by Gasteiger charge is 2.34. The Labute approximate surface area is 221 Å². The molecule has 38 heavy (non-hydrogen) atoms. The molecule has 0 aliphatic rings. The van der Waals surface area contributed by atoms with Crippen molar-refractivity contribution in [3.05, 3.63) is 0 Å². The zero-order valence-corrected chi connectivity index (χ0v) is 22.2. The number of carboxylic acid groups (broad SMARTS) is 2. The van der Waals surface area contributed by atoms with Crippen molar-refractivity contribution in [2.24, 2.45) is 17.4 Å². The predicted molar refractivity (Wildman–Crippen MR) is 135 cm³/mol. The summed E-state index contributed by atoms with van der Waals surface area (Å²) in [6.07, 6.45) is -0.684. The lowest BCUT2D eigenvalue weighted by atomic mass is 10.0. The van der Waals surface area contributed by atoms with Crippen molar-refractivity contribution in [2.45, 2.75) is 96.1 Å². The van der Waals surface area contributed by atoms with Crippen LogP contribution in [0.4, 0.5) is 0 Å². The van der Waals surface area contributed by atoms with Crippen molar-refractivity contribution in [3.63, 3.8) is 0 Å². The SMILES string of the molecule is CC(NC(=O)C(NC(=O)C(NC(=O)C(CCCCN)NC(=O)C(N)CCC(=O)O)C(C)C)C(C)O)C(=O)O. The van der Waals surface area contributed by atoms with Gasteiger partial charge in [-0.05, 0) is 52.0 Å². The van der Waals surface area contributed by atoms with Crippen LogP contribution < -0.4 is 32.7 Å². The molecule has 4 amide bonds. The minimum atomic E-state index is -1.50. The van der Waals surface area contributed by atoms with Crippen LogP contribution >= 0.6 is 0 Å². The van der Waals surface area contributed by atoms with E-state index in [4.69, 9.17) is 21.7 Å². The van der Waals surface area contributed by atoms with Gasteiger partial charge in [0.25, 0.3) is 0 Å². The molecule has 0 aliphatic heterocycles. The minimum Gasteiger partial charge on any atom is -0.481 e. The Kier molecular flexibility index (Phi) is 15.8. The van der Waals surface area contributed by atoms with Crippen LogP contribution in [0.3, 0.4) is 0 Å². The van der Waals surface area contributed by atoms with E-state index in [0.29, 0.717) is 19.4 Å². The topological polar surface area (TPSA) is 263 Å². The number of amides is 4. The monoisotopic (exact) mass is 546 g/mol. The van der Waals surface area contributed by atoms with Crippen LogP contribution in [0.2, 0.25) is 0 Å². The minimum absolute atomic E-state index is 0.140. The molecule has 0 radical (unpaired) electrons. The molecule has 218 valence electrons. The molecule has 0 aromatic heterocycles. The average molecular weight is 547 g/mol. The lowest BCUT2D eigenvalue weighted by Crippen LogP contribution is -2.61. The second-order valence-electron chi connectivity index (χ2n) is 9.41. The number of unbranched alkanes of at least 4 members (excludes halogenated alkanes) is 1. The molecule has 15 nitrogen and oxygen atoms in total. The van der Waals surface area contributed by atoms with Gasteiger partial charge in [-0.15, -0.1) is 0 Å². The molecule has 0 spiro atoms. The smallest absolute Gasteiger partial charge is 0.325 e. The molecule has 6 unspecified atom stereocenters. The van der Waals surface area contributed by atoms with Gasteiger partial charge in [-0.1, -0.05) is 13.8 Å². The van der Waals surface area contributed by atoms with Crippen molar-refractivity contribution >= 4 is 35.6 Å². The van der Waals surface area contributed by atoms with Crippen LogP contribution in [0.1, 0.15) is 59.8 Å². The standard InChI is InChI=1S/C23H42N6O9/c1-11(2)17(21(35)29-18(13(4)30)22(36)26-12(3)23(37)38)28-20(34)15(7-5-6-10-24)27-19(33)14(25)8-9-16(31)32/h11-15,17-18,30H,5-10,24-25H2,1-4H3,(H,26,36)(H,27,33)(H,28,34)(H,29,35)(H,31,32)(H,37,38). The average Bonchev–Trinajstić information content (AvgIpc) is 2.82. The molecule has 0 saturated carbocycles. The Morgan fingerprint density at radius 2 is 1.29 bits per heavy atom. The van der Waals surface area contributed by atoms with E-state index in [0.717, 1.165) is 0 Å². The Hall–Kier alpha value is -3.30. The van der Waals surface area contributed by atoms with Crippen LogP contribution in [-0.4, -0.2) is 93.7 Å². The number of aliphatic carboxylic acids is 2. The zero-order valence-electron chi connectivity index (χ0n) is 22.2. The van der Waals surface area contributed by atoms with Crippen LogP contribution in [0, 0.1) is 5.92 Å². The number of carbonyl (C=O) groups is 6. The molecule has 15 heteroatoms. The molecule has 11 N–H and O–H groups in total. The molecule has 0 bridgehead atoms. The van der Waals surface area contributed by atoms with E-state index < -0.39 is 77.8 Å². The van der Waals surface area contributed by atoms with E-state index in [1.807, 2.05) is 0 Å². The third-order valence-electron chi connectivity index (χ3n) is 5.62. The number of nitrogens with two attached hydrogens (primary N) is 2. The van der Waals surface area contributed by atoms with Crippen LogP contribution in [0.25, 0.3) is 0 Å². The Morgan fingerprint density at radius 1 is 0.737 bits per heavy atom. The number of carbonyl (C=O) groups excluding carboxylic acids is 4. The van der Waals surface area contributed by atoms with Gasteiger partial charge in [-0.2, -0.15) is 0 Å². The molecule has 0 heterocycles. The van der Waals surface area contributed by atoms with Crippen molar-refractivity contribution in [1.29, 1.82) is 0 Å². The fourth-order valence-electron chi connectivity index (χ4n) is 3.25. The second kappa shape index (κ2) is 17.3. The largest absolute Gasteiger partial charge is 0.481 e. The summed E-state index contributed by atoms with van der Waals surface area (Å²) < 4.78 is 0. The van der Waals surface area contributed by atoms with Gasteiger partial charge in [0.1, 0.15) is 24.2 Å². The van der Waals surface area contributed by atoms with E-state index in [2.05, 4.69) is 21.3 Å². The van der Waals surface area contributed by atoms with Gasteiger partial charge in [0, 0.05) is 6.42 Å². The maximum absolute atomic E-state index is 13.1. The Balaban J connectivity index is 5.58. The summed E-state index contributed by atoms with van der Waals surface area (Å²) in [6.45, 7) is 6.04. The molecule has 0 aromatic carbocycles. The first-order valence-corrected chi connectivity index (χ1v) is 12.4. The van der Waals surface area contributed by atoms with E-state index in [1.54, 1.807) is 13.8 Å². The maximum Gasteiger partial charge on any atom is 0.325 e. The van der Waals surface area contributed by atoms with E-state index in [-0.39, 0.29) is 19.3 Å². The molecule has 6 atom stereocenters. The van der Waals surface area contributed by atoms with Gasteiger partial charge in [0.05, 0.1) is 12.1 Å². The molecular weight excluding hydrogens is 504 g/mol. The number of aliphatic hydroxyl groups excluding tert-OH is 1. The van der Waals surface area contributed by atoms with Crippen molar-refractivity contribution < 1.29 is 44.1 Å².